The lowest BCUT2D eigenvalue weighted by Gasteiger charge is -2.11. The Morgan fingerprint density at radius 1 is 1.50 bits per heavy atom. The van der Waals surface area contributed by atoms with Gasteiger partial charge in [-0.2, -0.15) is 0 Å². The van der Waals surface area contributed by atoms with Gasteiger partial charge >= 0.3 is 0 Å². The van der Waals surface area contributed by atoms with Crippen LogP contribution in [-0.2, 0) is 0 Å². The fourth-order valence-corrected chi connectivity index (χ4v) is 1.72. The van der Waals surface area contributed by atoms with Crippen molar-refractivity contribution < 1.29 is 9.50 Å². The number of aromatic hydroxyl groups is 1. The van der Waals surface area contributed by atoms with Crippen LogP contribution in [0.2, 0.25) is 5.02 Å². The van der Waals surface area contributed by atoms with E-state index in [-0.39, 0.29) is 11.1 Å². The van der Waals surface area contributed by atoms with Crippen LogP contribution in [0.3, 0.4) is 0 Å². The normalized spacial score (nSPS) is 18.2. The first-order valence-electron chi connectivity index (χ1n) is 4.53. The topological polar surface area (TPSA) is 46.2 Å². The summed E-state index contributed by atoms with van der Waals surface area (Å²) < 4.78 is 13.1. The molecule has 1 aromatic carbocycles. The second-order valence-electron chi connectivity index (χ2n) is 3.70. The SMILES string of the molecule is N[C@@H](c1cc(F)c(O)c(Cl)c1)C1CC1. The first kappa shape index (κ1) is 9.74. The maximum atomic E-state index is 13.1. The molecule has 1 aliphatic carbocycles. The Labute approximate surface area is 86.5 Å². The van der Waals surface area contributed by atoms with E-state index in [4.69, 9.17) is 22.4 Å². The van der Waals surface area contributed by atoms with Crippen LogP contribution in [0.4, 0.5) is 4.39 Å². The van der Waals surface area contributed by atoms with E-state index in [1.165, 1.54) is 12.1 Å². The molecule has 76 valence electrons. The molecule has 0 heterocycles. The molecule has 0 aliphatic heterocycles. The summed E-state index contributed by atoms with van der Waals surface area (Å²) in [6.45, 7) is 0. The Hall–Kier alpha value is -0.800. The number of halogens is 2. The number of phenols is 1. The third-order valence-corrected chi connectivity index (χ3v) is 2.84. The Balaban J connectivity index is 2.34. The largest absolute Gasteiger partial charge is 0.504 e. The van der Waals surface area contributed by atoms with Crippen LogP contribution in [0.15, 0.2) is 12.1 Å². The van der Waals surface area contributed by atoms with E-state index in [0.717, 1.165) is 12.8 Å². The van der Waals surface area contributed by atoms with E-state index >= 15 is 0 Å². The van der Waals surface area contributed by atoms with Crippen LogP contribution in [0, 0.1) is 11.7 Å². The van der Waals surface area contributed by atoms with Crippen LogP contribution >= 0.6 is 11.6 Å². The minimum absolute atomic E-state index is 0.0242. The molecule has 1 aliphatic rings. The lowest BCUT2D eigenvalue weighted by molar-refractivity contribution is 0.431. The van der Waals surface area contributed by atoms with Crippen molar-refractivity contribution in [1.29, 1.82) is 0 Å². The van der Waals surface area contributed by atoms with E-state index in [2.05, 4.69) is 0 Å². The van der Waals surface area contributed by atoms with Gasteiger partial charge in [0.15, 0.2) is 11.6 Å². The van der Waals surface area contributed by atoms with Crippen LogP contribution in [0.25, 0.3) is 0 Å². The van der Waals surface area contributed by atoms with Gasteiger partial charge in [-0.15, -0.1) is 0 Å². The minimum atomic E-state index is -0.705. The number of rotatable bonds is 2. The zero-order valence-electron chi connectivity index (χ0n) is 7.50. The van der Waals surface area contributed by atoms with Crippen molar-refractivity contribution in [3.63, 3.8) is 0 Å². The van der Waals surface area contributed by atoms with Crippen molar-refractivity contribution in [3.05, 3.63) is 28.5 Å². The fraction of sp³-hybridized carbons (Fsp3) is 0.400. The van der Waals surface area contributed by atoms with Crippen molar-refractivity contribution >= 4 is 11.6 Å². The highest BCUT2D eigenvalue weighted by Gasteiger charge is 2.30. The molecule has 0 spiro atoms. The zero-order valence-corrected chi connectivity index (χ0v) is 8.26. The van der Waals surface area contributed by atoms with E-state index < -0.39 is 11.6 Å². The molecule has 0 amide bonds. The van der Waals surface area contributed by atoms with Crippen molar-refractivity contribution in [2.24, 2.45) is 11.7 Å². The molecule has 1 atom stereocenters. The van der Waals surface area contributed by atoms with Gasteiger partial charge in [-0.3, -0.25) is 0 Å². The van der Waals surface area contributed by atoms with Gasteiger partial charge in [-0.05, 0) is 36.5 Å². The molecular formula is C10H11ClFNO. The van der Waals surface area contributed by atoms with E-state index in [9.17, 15) is 4.39 Å². The van der Waals surface area contributed by atoms with Gasteiger partial charge in [-0.25, -0.2) is 4.39 Å². The average molecular weight is 216 g/mol. The quantitative estimate of drug-likeness (QED) is 0.797. The molecule has 1 aromatic rings. The highest BCUT2D eigenvalue weighted by atomic mass is 35.5. The molecule has 2 rings (SSSR count). The van der Waals surface area contributed by atoms with Gasteiger partial charge in [0.05, 0.1) is 5.02 Å². The third-order valence-electron chi connectivity index (χ3n) is 2.55. The predicted molar refractivity (Wildman–Crippen MR) is 52.7 cm³/mol. The second kappa shape index (κ2) is 3.41. The maximum Gasteiger partial charge on any atom is 0.170 e. The van der Waals surface area contributed by atoms with Gasteiger partial charge in [0.25, 0.3) is 0 Å². The number of hydrogen-bond donors (Lipinski definition) is 2. The van der Waals surface area contributed by atoms with Crippen LogP contribution < -0.4 is 5.73 Å². The van der Waals surface area contributed by atoms with Gasteiger partial charge in [0.2, 0.25) is 0 Å². The van der Waals surface area contributed by atoms with Gasteiger partial charge in [0, 0.05) is 6.04 Å². The van der Waals surface area contributed by atoms with Gasteiger partial charge < -0.3 is 10.8 Å². The van der Waals surface area contributed by atoms with Gasteiger partial charge in [-0.1, -0.05) is 11.6 Å². The number of nitrogens with two attached hydrogens (primary N) is 1. The molecule has 1 fully saturated rings. The Kier molecular flexibility index (Phi) is 2.37. The summed E-state index contributed by atoms with van der Waals surface area (Å²) in [5.41, 5.74) is 6.54. The van der Waals surface area contributed by atoms with E-state index in [1.54, 1.807) is 0 Å². The molecular weight excluding hydrogens is 205 g/mol. The standard InChI is InChI=1S/C10H11ClFNO/c11-7-3-6(4-8(12)10(7)14)9(13)5-1-2-5/h3-5,9,14H,1-2,13H2/t9-/m1/s1. The van der Waals surface area contributed by atoms with Gasteiger partial charge in [0.1, 0.15) is 0 Å². The lowest BCUT2D eigenvalue weighted by Crippen LogP contribution is -2.12. The zero-order chi connectivity index (χ0) is 10.3. The van der Waals surface area contributed by atoms with E-state index in [1.807, 2.05) is 0 Å². The minimum Gasteiger partial charge on any atom is -0.504 e. The smallest absolute Gasteiger partial charge is 0.170 e. The predicted octanol–water partition coefficient (Wildman–Crippen LogP) is 2.59. The molecule has 2 nitrogen and oxygen atoms in total. The lowest BCUT2D eigenvalue weighted by atomic mass is 10.0. The summed E-state index contributed by atoms with van der Waals surface area (Å²) in [5.74, 6) is -0.767. The molecule has 0 aromatic heterocycles. The Morgan fingerprint density at radius 3 is 2.64 bits per heavy atom. The average Bonchev–Trinajstić information content (AvgIpc) is 2.95. The molecule has 1 saturated carbocycles. The Morgan fingerprint density at radius 2 is 2.14 bits per heavy atom. The molecule has 3 N–H and O–H groups in total. The molecule has 14 heavy (non-hydrogen) atoms. The Bertz CT molecular complexity index is 342. The third kappa shape index (κ3) is 1.70. The van der Waals surface area contributed by atoms with Crippen molar-refractivity contribution in [3.8, 4) is 5.75 Å². The van der Waals surface area contributed by atoms with Crippen molar-refractivity contribution in [2.45, 2.75) is 18.9 Å². The van der Waals surface area contributed by atoms with Crippen molar-refractivity contribution in [1.82, 2.24) is 0 Å². The monoisotopic (exact) mass is 215 g/mol. The number of hydrogen-bond acceptors (Lipinski definition) is 2. The summed E-state index contributed by atoms with van der Waals surface area (Å²) in [5, 5.41) is 9.14. The fourth-order valence-electron chi connectivity index (χ4n) is 1.51. The molecule has 0 radical (unpaired) electrons. The van der Waals surface area contributed by atoms with Crippen molar-refractivity contribution in [2.75, 3.05) is 0 Å². The maximum absolute atomic E-state index is 13.1. The number of phenolic OH excluding ortho intramolecular Hbond substituents is 1. The molecule has 0 saturated heterocycles. The molecule has 0 unspecified atom stereocenters. The van der Waals surface area contributed by atoms with Crippen LogP contribution in [0.5, 0.6) is 5.75 Å². The second-order valence-corrected chi connectivity index (χ2v) is 4.10. The summed E-state index contributed by atoms with van der Waals surface area (Å²) >= 11 is 5.64. The van der Waals surface area contributed by atoms with E-state index in [0.29, 0.717) is 11.5 Å². The highest BCUT2D eigenvalue weighted by molar-refractivity contribution is 6.32. The molecule has 0 bridgehead atoms. The highest BCUT2D eigenvalue weighted by Crippen LogP contribution is 2.41. The first-order valence-corrected chi connectivity index (χ1v) is 4.91. The molecule has 4 heteroatoms. The summed E-state index contributed by atoms with van der Waals surface area (Å²) in [6, 6.07) is 2.62. The van der Waals surface area contributed by atoms with Crippen LogP contribution in [-0.4, -0.2) is 5.11 Å². The van der Waals surface area contributed by atoms with Crippen LogP contribution in [0.1, 0.15) is 24.4 Å². The summed E-state index contributed by atoms with van der Waals surface area (Å²) in [4.78, 5) is 0. The first-order chi connectivity index (χ1) is 6.59. The number of benzene rings is 1. The summed E-state index contributed by atoms with van der Waals surface area (Å²) in [6.07, 6.45) is 2.17. The summed E-state index contributed by atoms with van der Waals surface area (Å²) in [7, 11) is 0.